The Morgan fingerprint density at radius 2 is 1.48 bits per heavy atom. The number of allylic oxidation sites excluding steroid dienone is 4. The van der Waals surface area contributed by atoms with Crippen molar-refractivity contribution in [2.45, 2.75) is 150 Å². The average Bonchev–Trinajstić information content (AvgIpc) is 3.32. The minimum Gasteiger partial charge on any atom is -0.458 e. The van der Waals surface area contributed by atoms with Crippen molar-refractivity contribution in [2.24, 2.45) is 40.4 Å². The van der Waals surface area contributed by atoms with Crippen LogP contribution in [0.1, 0.15) is 150 Å². The molecule has 4 aliphatic carbocycles. The van der Waals surface area contributed by atoms with Gasteiger partial charge >= 0.3 is 5.97 Å². The van der Waals surface area contributed by atoms with Crippen molar-refractivity contribution in [2.75, 3.05) is 6.61 Å². The summed E-state index contributed by atoms with van der Waals surface area (Å²) in [6, 6.07) is 0. The number of carbonyl (C=O) groups is 3. The number of fused-ring (bicyclic) bond motifs is 5. The molecule has 3 fully saturated rings. The molecule has 0 aromatic heterocycles. The van der Waals surface area contributed by atoms with E-state index in [1.807, 2.05) is 6.08 Å². The predicted octanol–water partition coefficient (Wildman–Crippen LogP) is 9.75. The van der Waals surface area contributed by atoms with Crippen molar-refractivity contribution in [3.8, 4) is 0 Å². The largest absolute Gasteiger partial charge is 0.458 e. The van der Waals surface area contributed by atoms with E-state index in [1.165, 1.54) is 76.2 Å². The zero-order chi connectivity index (χ0) is 30.2. The number of esters is 1. The van der Waals surface area contributed by atoms with E-state index in [0.29, 0.717) is 30.1 Å². The third-order valence-electron chi connectivity index (χ3n) is 12.1. The monoisotopic (exact) mass is 580 g/mol. The van der Waals surface area contributed by atoms with Gasteiger partial charge < -0.3 is 4.74 Å². The van der Waals surface area contributed by atoms with Gasteiger partial charge in [0.25, 0.3) is 0 Å². The summed E-state index contributed by atoms with van der Waals surface area (Å²) >= 11 is 0. The van der Waals surface area contributed by atoms with Gasteiger partial charge in [0.05, 0.1) is 0 Å². The highest BCUT2D eigenvalue weighted by atomic mass is 16.5. The molecule has 7 atom stereocenters. The van der Waals surface area contributed by atoms with Crippen LogP contribution in [0.5, 0.6) is 0 Å². The van der Waals surface area contributed by atoms with Crippen LogP contribution in [-0.4, -0.2) is 24.1 Å². The zero-order valence-electron chi connectivity index (χ0n) is 27.4. The number of ether oxygens (including phenoxy) is 1. The first-order chi connectivity index (χ1) is 20.2. The Hall–Kier alpha value is -1.71. The predicted molar refractivity (Wildman–Crippen MR) is 171 cm³/mol. The molecule has 4 rings (SSSR count). The van der Waals surface area contributed by atoms with Crippen LogP contribution < -0.4 is 0 Å². The molecule has 0 aliphatic heterocycles. The molecule has 4 heteroatoms. The Balaban J connectivity index is 1.13. The highest BCUT2D eigenvalue weighted by Gasteiger charge is 2.60. The molecule has 0 saturated heterocycles. The number of hydrogen-bond acceptors (Lipinski definition) is 4. The van der Waals surface area contributed by atoms with Gasteiger partial charge in [-0.1, -0.05) is 116 Å². The SMILES string of the molecule is CCCCCCCCCCCCCCCC(=O)OCC(=O)C1CCC2C3C[C@H](C)C4=CC(=O)C=CC4(C)[C@H]3CCC12C. The molecule has 3 saturated carbocycles. The van der Waals surface area contributed by atoms with E-state index in [-0.39, 0.29) is 40.9 Å². The van der Waals surface area contributed by atoms with E-state index < -0.39 is 0 Å². The fourth-order valence-corrected chi connectivity index (χ4v) is 9.76. The minimum absolute atomic E-state index is 0.00359. The Labute approximate surface area is 256 Å². The first kappa shape index (κ1) is 33.2. The Morgan fingerprint density at radius 3 is 2.12 bits per heavy atom. The maximum Gasteiger partial charge on any atom is 0.306 e. The van der Waals surface area contributed by atoms with Gasteiger partial charge in [0.2, 0.25) is 0 Å². The maximum atomic E-state index is 13.4. The molecule has 0 N–H and O–H groups in total. The molecule has 5 unspecified atom stereocenters. The standard InChI is InChI=1S/C38H60O4/c1-5-6-7-8-9-10-11-12-13-14-15-16-17-18-36(41)42-27-35(40)33-20-19-31-30-25-28(2)34-26-29(39)21-23-38(34,4)32(30)22-24-37(31,33)3/h21,23,26,28,30-33H,5-20,22,24-25,27H2,1-4H3/t28-,30?,31?,32-,33?,37?,38?/m0/s1. The highest BCUT2D eigenvalue weighted by Crippen LogP contribution is 2.66. The van der Waals surface area contributed by atoms with Crippen LogP contribution >= 0.6 is 0 Å². The normalized spacial score (nSPS) is 33.5. The first-order valence-electron chi connectivity index (χ1n) is 17.8. The molecule has 42 heavy (non-hydrogen) atoms. The van der Waals surface area contributed by atoms with E-state index in [1.54, 1.807) is 6.08 Å². The summed E-state index contributed by atoms with van der Waals surface area (Å²) in [5.74, 6) is 2.09. The van der Waals surface area contributed by atoms with Crippen LogP contribution in [0, 0.1) is 40.4 Å². The van der Waals surface area contributed by atoms with Gasteiger partial charge in [0, 0.05) is 17.8 Å². The lowest BCUT2D eigenvalue weighted by Gasteiger charge is -2.58. The average molecular weight is 581 g/mol. The number of carbonyl (C=O) groups excluding carboxylic acids is 3. The second kappa shape index (κ2) is 15.3. The Morgan fingerprint density at radius 1 is 0.857 bits per heavy atom. The van der Waals surface area contributed by atoms with Crippen molar-refractivity contribution in [1.29, 1.82) is 0 Å². The fraction of sp³-hybridized carbons (Fsp3) is 0.816. The van der Waals surface area contributed by atoms with Crippen molar-refractivity contribution in [3.05, 3.63) is 23.8 Å². The molecule has 0 radical (unpaired) electrons. The summed E-state index contributed by atoms with van der Waals surface area (Å²) in [4.78, 5) is 38.0. The molecule has 0 aromatic carbocycles. The summed E-state index contributed by atoms with van der Waals surface area (Å²) < 4.78 is 5.53. The molecule has 0 spiro atoms. The molecule has 4 aliphatic rings. The third-order valence-corrected chi connectivity index (χ3v) is 12.1. The van der Waals surface area contributed by atoms with E-state index in [0.717, 1.165) is 44.9 Å². The number of unbranched alkanes of at least 4 members (excludes halogenated alkanes) is 12. The van der Waals surface area contributed by atoms with Crippen LogP contribution in [0.4, 0.5) is 0 Å². The molecular formula is C38H60O4. The Kier molecular flexibility index (Phi) is 12.1. The minimum atomic E-state index is -0.207. The quantitative estimate of drug-likeness (QED) is 0.127. The number of Topliss-reactive ketones (excluding diaryl/α,β-unsaturated/α-hetero) is 1. The van der Waals surface area contributed by atoms with Gasteiger partial charge in [-0.3, -0.25) is 14.4 Å². The van der Waals surface area contributed by atoms with Crippen molar-refractivity contribution < 1.29 is 19.1 Å². The number of hydrogen-bond donors (Lipinski definition) is 0. The fourth-order valence-electron chi connectivity index (χ4n) is 9.76. The van der Waals surface area contributed by atoms with Crippen molar-refractivity contribution in [3.63, 3.8) is 0 Å². The summed E-state index contributed by atoms with van der Waals surface area (Å²) in [5, 5.41) is 0. The molecular weight excluding hydrogens is 520 g/mol. The summed E-state index contributed by atoms with van der Waals surface area (Å²) in [6.45, 7) is 9.19. The molecule has 0 aromatic rings. The first-order valence-corrected chi connectivity index (χ1v) is 17.8. The lowest BCUT2D eigenvalue weighted by atomic mass is 9.46. The summed E-state index contributed by atoms with van der Waals surface area (Å²) in [5.41, 5.74) is 1.27. The highest BCUT2D eigenvalue weighted by molar-refractivity contribution is 6.01. The second-order valence-corrected chi connectivity index (χ2v) is 14.9. The third kappa shape index (κ3) is 7.68. The van der Waals surface area contributed by atoms with Gasteiger partial charge in [0.15, 0.2) is 11.6 Å². The van der Waals surface area contributed by atoms with Crippen molar-refractivity contribution in [1.82, 2.24) is 0 Å². The molecule has 4 nitrogen and oxygen atoms in total. The van der Waals surface area contributed by atoms with E-state index in [4.69, 9.17) is 4.74 Å². The summed E-state index contributed by atoms with van der Waals surface area (Å²) in [6.07, 6.45) is 28.2. The van der Waals surface area contributed by atoms with Crippen LogP contribution in [0.3, 0.4) is 0 Å². The number of rotatable bonds is 17. The molecule has 236 valence electrons. The van der Waals surface area contributed by atoms with Crippen LogP contribution in [0.2, 0.25) is 0 Å². The summed E-state index contributed by atoms with van der Waals surface area (Å²) in [7, 11) is 0. The zero-order valence-corrected chi connectivity index (χ0v) is 27.4. The molecule has 0 amide bonds. The van der Waals surface area contributed by atoms with E-state index >= 15 is 0 Å². The van der Waals surface area contributed by atoms with Gasteiger partial charge in [-0.05, 0) is 79.8 Å². The maximum absolute atomic E-state index is 13.4. The van der Waals surface area contributed by atoms with E-state index in [9.17, 15) is 14.4 Å². The smallest absolute Gasteiger partial charge is 0.306 e. The lowest BCUT2D eigenvalue weighted by Crippen LogP contribution is -2.52. The van der Waals surface area contributed by atoms with Crippen LogP contribution in [0.25, 0.3) is 0 Å². The van der Waals surface area contributed by atoms with E-state index in [2.05, 4.69) is 33.8 Å². The Bertz CT molecular complexity index is 993. The number of ketones is 2. The second-order valence-electron chi connectivity index (χ2n) is 14.9. The molecule has 0 bridgehead atoms. The lowest BCUT2D eigenvalue weighted by molar-refractivity contribution is -0.151. The van der Waals surface area contributed by atoms with Crippen LogP contribution in [-0.2, 0) is 19.1 Å². The van der Waals surface area contributed by atoms with Gasteiger partial charge in [-0.2, -0.15) is 0 Å². The van der Waals surface area contributed by atoms with Gasteiger partial charge in [-0.15, -0.1) is 0 Å². The van der Waals surface area contributed by atoms with Gasteiger partial charge in [-0.25, -0.2) is 0 Å². The van der Waals surface area contributed by atoms with Gasteiger partial charge in [0.1, 0.15) is 6.61 Å². The topological polar surface area (TPSA) is 60.4 Å². The van der Waals surface area contributed by atoms with Crippen LogP contribution in [0.15, 0.2) is 23.8 Å². The molecule has 0 heterocycles. The van der Waals surface area contributed by atoms with Crippen molar-refractivity contribution >= 4 is 17.5 Å².